The van der Waals surface area contributed by atoms with Crippen molar-refractivity contribution in [3.63, 3.8) is 0 Å². The van der Waals surface area contributed by atoms with E-state index in [9.17, 15) is 4.79 Å². The Kier molecular flexibility index (Phi) is 6.61. The minimum absolute atomic E-state index is 0.00379. The Balaban J connectivity index is 1.59. The third kappa shape index (κ3) is 4.18. The summed E-state index contributed by atoms with van der Waals surface area (Å²) in [7, 11) is 6.75. The fraction of sp³-hybridized carbons (Fsp3) is 0.321. The van der Waals surface area contributed by atoms with E-state index in [1.807, 2.05) is 43.4 Å². The van der Waals surface area contributed by atoms with Gasteiger partial charge in [-0.2, -0.15) is 0 Å². The predicted octanol–water partition coefficient (Wildman–Crippen LogP) is 4.29. The van der Waals surface area contributed by atoms with Gasteiger partial charge >= 0.3 is 0 Å². The van der Waals surface area contributed by atoms with Crippen LogP contribution in [0.4, 0.5) is 5.69 Å². The molecule has 1 unspecified atom stereocenters. The van der Waals surface area contributed by atoms with E-state index < -0.39 is 0 Å². The van der Waals surface area contributed by atoms with Gasteiger partial charge in [0.25, 0.3) is 0 Å². The molecule has 36 heavy (non-hydrogen) atoms. The van der Waals surface area contributed by atoms with Gasteiger partial charge < -0.3 is 34.3 Å². The van der Waals surface area contributed by atoms with E-state index in [2.05, 4.69) is 10.6 Å². The molecule has 1 aliphatic carbocycles. The van der Waals surface area contributed by atoms with Crippen LogP contribution in [0.3, 0.4) is 0 Å². The molecule has 2 aliphatic rings. The van der Waals surface area contributed by atoms with E-state index in [1.165, 1.54) is 0 Å². The van der Waals surface area contributed by atoms with Crippen LogP contribution in [-0.4, -0.2) is 35.2 Å². The SMILES string of the molecule is CNC1CCc2cc(OC)c(OC)c(OC)c2-c2ccc(NCc3ccc4c(c3)OCO4)c(=O)cc21. The van der Waals surface area contributed by atoms with Gasteiger partial charge in [0.1, 0.15) is 0 Å². The third-order valence-electron chi connectivity index (χ3n) is 6.81. The molecule has 1 aliphatic heterocycles. The number of benzene rings is 2. The molecule has 2 N–H and O–H groups in total. The lowest BCUT2D eigenvalue weighted by atomic mass is 9.95. The molecule has 1 heterocycles. The van der Waals surface area contributed by atoms with E-state index in [4.69, 9.17) is 23.7 Å². The lowest BCUT2D eigenvalue weighted by molar-refractivity contribution is 0.174. The zero-order valence-electron chi connectivity index (χ0n) is 20.9. The number of rotatable bonds is 7. The number of nitrogens with one attached hydrogen (secondary N) is 2. The van der Waals surface area contributed by atoms with Crippen molar-refractivity contribution in [3.05, 3.63) is 69.4 Å². The molecule has 0 saturated heterocycles. The van der Waals surface area contributed by atoms with Crippen molar-refractivity contribution in [1.82, 2.24) is 5.32 Å². The normalized spacial score (nSPS) is 15.4. The molecule has 0 spiro atoms. The Labute approximate surface area is 210 Å². The first-order valence-electron chi connectivity index (χ1n) is 11.9. The summed E-state index contributed by atoms with van der Waals surface area (Å²) < 4.78 is 28.0. The largest absolute Gasteiger partial charge is 0.493 e. The zero-order chi connectivity index (χ0) is 25.2. The summed E-state index contributed by atoms with van der Waals surface area (Å²) in [4.78, 5) is 13.4. The van der Waals surface area contributed by atoms with Gasteiger partial charge in [-0.3, -0.25) is 4.79 Å². The fourth-order valence-corrected chi connectivity index (χ4v) is 5.01. The lowest BCUT2D eigenvalue weighted by Crippen LogP contribution is -2.18. The van der Waals surface area contributed by atoms with Gasteiger partial charge in [-0.05, 0) is 72.5 Å². The van der Waals surface area contributed by atoms with Crippen molar-refractivity contribution >= 4 is 5.69 Å². The van der Waals surface area contributed by atoms with Gasteiger partial charge in [0, 0.05) is 18.2 Å². The van der Waals surface area contributed by atoms with Crippen LogP contribution in [0.2, 0.25) is 0 Å². The van der Waals surface area contributed by atoms with Crippen LogP contribution < -0.4 is 39.7 Å². The lowest BCUT2D eigenvalue weighted by Gasteiger charge is -2.19. The number of methoxy groups -OCH3 is 3. The number of hydrogen-bond acceptors (Lipinski definition) is 8. The highest BCUT2D eigenvalue weighted by atomic mass is 16.7. The summed E-state index contributed by atoms with van der Waals surface area (Å²) >= 11 is 0. The minimum Gasteiger partial charge on any atom is -0.493 e. The Morgan fingerprint density at radius 1 is 0.944 bits per heavy atom. The zero-order valence-corrected chi connectivity index (χ0v) is 20.9. The second-order valence-corrected chi connectivity index (χ2v) is 8.73. The Bertz CT molecular complexity index is 1360. The van der Waals surface area contributed by atoms with Crippen LogP contribution in [0.1, 0.15) is 29.2 Å². The molecule has 0 bridgehead atoms. The summed E-state index contributed by atoms with van der Waals surface area (Å²) in [6.45, 7) is 0.701. The van der Waals surface area contributed by atoms with Crippen molar-refractivity contribution < 1.29 is 23.7 Å². The van der Waals surface area contributed by atoms with Crippen LogP contribution in [0.25, 0.3) is 11.1 Å². The average Bonchev–Trinajstić information content (AvgIpc) is 3.24. The molecule has 3 aromatic rings. The van der Waals surface area contributed by atoms with E-state index in [0.29, 0.717) is 35.2 Å². The number of ether oxygens (including phenoxy) is 5. The monoisotopic (exact) mass is 490 g/mol. The van der Waals surface area contributed by atoms with Gasteiger partial charge in [0.2, 0.25) is 18.0 Å². The summed E-state index contributed by atoms with van der Waals surface area (Å²) in [5.41, 5.74) is 5.26. The number of anilines is 1. The van der Waals surface area contributed by atoms with Crippen molar-refractivity contribution in [3.8, 4) is 39.9 Å². The minimum atomic E-state index is -0.0832. The number of aryl methyl sites for hydroxylation is 1. The van der Waals surface area contributed by atoms with Crippen LogP contribution in [0.5, 0.6) is 28.7 Å². The average molecular weight is 491 g/mol. The van der Waals surface area contributed by atoms with Crippen molar-refractivity contribution in [2.24, 2.45) is 0 Å². The number of hydrogen-bond donors (Lipinski definition) is 2. The standard InChI is InChI=1S/C28H30N2O6/c1-29-20-8-6-17-12-25(32-2)27(33-3)28(34-4)26(17)18-7-9-21(22(31)13-19(18)20)30-14-16-5-10-23-24(11-16)36-15-35-23/h5,7,9-13,20,29H,6,8,14-15H2,1-4H3,(H,30,31). The smallest absolute Gasteiger partial charge is 0.231 e. The predicted molar refractivity (Wildman–Crippen MR) is 138 cm³/mol. The first-order valence-corrected chi connectivity index (χ1v) is 11.9. The van der Waals surface area contributed by atoms with Crippen LogP contribution in [0.15, 0.2) is 47.3 Å². The molecule has 1 atom stereocenters. The van der Waals surface area contributed by atoms with Gasteiger partial charge in [-0.15, -0.1) is 0 Å². The van der Waals surface area contributed by atoms with Gasteiger partial charge in [-0.25, -0.2) is 0 Å². The topological polar surface area (TPSA) is 87.3 Å². The van der Waals surface area contributed by atoms with Crippen LogP contribution >= 0.6 is 0 Å². The molecule has 0 amide bonds. The van der Waals surface area contributed by atoms with Gasteiger partial charge in [0.15, 0.2) is 23.0 Å². The fourth-order valence-electron chi connectivity index (χ4n) is 5.01. The molecule has 0 radical (unpaired) electrons. The van der Waals surface area contributed by atoms with E-state index >= 15 is 0 Å². The summed E-state index contributed by atoms with van der Waals surface area (Å²) in [6, 6.07) is 13.3. The molecule has 5 rings (SSSR count). The highest BCUT2D eigenvalue weighted by Crippen LogP contribution is 2.50. The molecule has 0 aromatic heterocycles. The van der Waals surface area contributed by atoms with Crippen molar-refractivity contribution in [2.45, 2.75) is 25.4 Å². The summed E-state index contributed by atoms with van der Waals surface area (Å²) in [5, 5.41) is 6.68. The molecule has 188 valence electrons. The van der Waals surface area contributed by atoms with Crippen molar-refractivity contribution in [1.29, 1.82) is 0 Å². The van der Waals surface area contributed by atoms with Crippen LogP contribution in [-0.2, 0) is 13.0 Å². The molecule has 8 heteroatoms. The first kappa shape index (κ1) is 23.8. The Morgan fingerprint density at radius 3 is 2.50 bits per heavy atom. The second kappa shape index (κ2) is 9.99. The molecule has 8 nitrogen and oxygen atoms in total. The molecular formula is C28H30N2O6. The highest BCUT2D eigenvalue weighted by molar-refractivity contribution is 5.83. The molecular weight excluding hydrogens is 460 g/mol. The van der Waals surface area contributed by atoms with Gasteiger partial charge in [0.05, 0.1) is 27.0 Å². The summed E-state index contributed by atoms with van der Waals surface area (Å²) in [6.07, 6.45) is 1.61. The van der Waals surface area contributed by atoms with Crippen molar-refractivity contribution in [2.75, 3.05) is 40.5 Å². The first-order chi connectivity index (χ1) is 17.6. The van der Waals surface area contributed by atoms with E-state index in [-0.39, 0.29) is 18.3 Å². The summed E-state index contributed by atoms with van der Waals surface area (Å²) in [5.74, 6) is 3.19. The quantitative estimate of drug-likeness (QED) is 0.507. The Morgan fingerprint density at radius 2 is 1.75 bits per heavy atom. The maximum atomic E-state index is 13.4. The highest BCUT2D eigenvalue weighted by Gasteiger charge is 2.28. The third-order valence-corrected chi connectivity index (χ3v) is 6.81. The maximum Gasteiger partial charge on any atom is 0.231 e. The second-order valence-electron chi connectivity index (χ2n) is 8.73. The molecule has 3 aromatic carbocycles. The Hall–Kier alpha value is -3.91. The van der Waals surface area contributed by atoms with Gasteiger partial charge in [-0.1, -0.05) is 12.1 Å². The molecule has 0 fully saturated rings. The van der Waals surface area contributed by atoms with E-state index in [1.54, 1.807) is 27.4 Å². The number of fused-ring (bicyclic) bond motifs is 4. The molecule has 0 saturated carbocycles. The maximum absolute atomic E-state index is 13.4. The van der Waals surface area contributed by atoms with Crippen LogP contribution in [0, 0.1) is 0 Å². The van der Waals surface area contributed by atoms with E-state index in [0.717, 1.165) is 46.4 Å².